The average molecular weight is 393 g/mol. The predicted octanol–water partition coefficient (Wildman–Crippen LogP) is 2.70. The summed E-state index contributed by atoms with van der Waals surface area (Å²) < 4.78 is 21.7. The number of nitrogens with one attached hydrogen (secondary N) is 1. The summed E-state index contributed by atoms with van der Waals surface area (Å²) >= 11 is 0. The standard InChI is InChI=1S/C20H16FN5O3/c1-25-19-15(10-23-25)20(28)26(12-22-19)11-18(27)24-16-7-2-3-8-17(16)29-14-6-4-5-13(21)9-14/h2-10,12H,11H2,1H3,(H,24,27). The van der Waals surface area contributed by atoms with E-state index < -0.39 is 11.7 Å². The highest BCUT2D eigenvalue weighted by Gasteiger charge is 2.13. The maximum absolute atomic E-state index is 13.4. The van der Waals surface area contributed by atoms with E-state index in [9.17, 15) is 14.0 Å². The third kappa shape index (κ3) is 3.84. The van der Waals surface area contributed by atoms with Crippen molar-refractivity contribution in [3.05, 3.63) is 77.2 Å². The summed E-state index contributed by atoms with van der Waals surface area (Å²) in [6.45, 7) is -0.231. The largest absolute Gasteiger partial charge is 0.455 e. The highest BCUT2D eigenvalue weighted by atomic mass is 19.1. The summed E-state index contributed by atoms with van der Waals surface area (Å²) in [7, 11) is 1.68. The Morgan fingerprint density at radius 3 is 2.86 bits per heavy atom. The lowest BCUT2D eigenvalue weighted by Gasteiger charge is -2.13. The summed E-state index contributed by atoms with van der Waals surface area (Å²) in [6.07, 6.45) is 2.72. The van der Waals surface area contributed by atoms with Crippen LogP contribution in [0.15, 0.2) is 65.8 Å². The van der Waals surface area contributed by atoms with Gasteiger partial charge in [0.1, 0.15) is 29.8 Å². The smallest absolute Gasteiger partial charge is 0.264 e. The van der Waals surface area contributed by atoms with Crippen LogP contribution in [0.5, 0.6) is 11.5 Å². The summed E-state index contributed by atoms with van der Waals surface area (Å²) in [5.41, 5.74) is 0.480. The first-order chi connectivity index (χ1) is 14.0. The predicted molar refractivity (Wildman–Crippen MR) is 104 cm³/mol. The van der Waals surface area contributed by atoms with Crippen LogP contribution in [0.4, 0.5) is 10.1 Å². The fourth-order valence-corrected chi connectivity index (χ4v) is 2.84. The molecule has 2 heterocycles. The number of anilines is 1. The molecular formula is C20H16FN5O3. The molecule has 2 aromatic carbocycles. The lowest BCUT2D eigenvalue weighted by atomic mass is 10.2. The van der Waals surface area contributed by atoms with E-state index in [0.717, 1.165) is 0 Å². The highest BCUT2D eigenvalue weighted by Crippen LogP contribution is 2.29. The van der Waals surface area contributed by atoms with Gasteiger partial charge < -0.3 is 10.1 Å². The number of para-hydroxylation sites is 2. The molecule has 0 radical (unpaired) electrons. The zero-order chi connectivity index (χ0) is 20.4. The van der Waals surface area contributed by atoms with Crippen molar-refractivity contribution >= 4 is 22.6 Å². The molecule has 0 unspecified atom stereocenters. The van der Waals surface area contributed by atoms with Gasteiger partial charge in [0, 0.05) is 13.1 Å². The molecule has 2 aromatic heterocycles. The maximum Gasteiger partial charge on any atom is 0.264 e. The van der Waals surface area contributed by atoms with Gasteiger partial charge in [-0.15, -0.1) is 0 Å². The molecule has 146 valence electrons. The van der Waals surface area contributed by atoms with E-state index in [1.165, 1.54) is 40.0 Å². The van der Waals surface area contributed by atoms with Gasteiger partial charge in [-0.05, 0) is 24.3 Å². The van der Waals surface area contributed by atoms with Gasteiger partial charge in [-0.1, -0.05) is 18.2 Å². The van der Waals surface area contributed by atoms with Gasteiger partial charge in [0.25, 0.3) is 5.56 Å². The molecule has 0 aliphatic heterocycles. The van der Waals surface area contributed by atoms with E-state index in [0.29, 0.717) is 28.2 Å². The highest BCUT2D eigenvalue weighted by molar-refractivity contribution is 5.92. The molecule has 1 N–H and O–H groups in total. The summed E-state index contributed by atoms with van der Waals surface area (Å²) in [6, 6.07) is 12.4. The average Bonchev–Trinajstić information content (AvgIpc) is 3.07. The van der Waals surface area contributed by atoms with E-state index in [1.807, 2.05) is 0 Å². The number of hydrogen-bond donors (Lipinski definition) is 1. The van der Waals surface area contributed by atoms with Crippen molar-refractivity contribution in [1.29, 1.82) is 0 Å². The quantitative estimate of drug-likeness (QED) is 0.563. The fraction of sp³-hybridized carbons (Fsp3) is 0.100. The number of ether oxygens (including phenoxy) is 1. The Labute approximate surface area is 164 Å². The molecule has 0 spiro atoms. The van der Waals surface area contributed by atoms with Gasteiger partial charge in [0.2, 0.25) is 5.91 Å². The molecule has 0 saturated carbocycles. The molecule has 0 atom stereocenters. The third-order valence-electron chi connectivity index (χ3n) is 4.22. The van der Waals surface area contributed by atoms with Crippen molar-refractivity contribution in [2.24, 2.45) is 7.05 Å². The minimum absolute atomic E-state index is 0.231. The number of aryl methyl sites for hydroxylation is 1. The molecule has 4 rings (SSSR count). The number of fused-ring (bicyclic) bond motifs is 1. The molecule has 0 saturated heterocycles. The molecular weight excluding hydrogens is 377 g/mol. The van der Waals surface area contributed by atoms with E-state index in [1.54, 1.807) is 37.4 Å². The topological polar surface area (TPSA) is 91.0 Å². The zero-order valence-electron chi connectivity index (χ0n) is 15.4. The molecule has 29 heavy (non-hydrogen) atoms. The van der Waals surface area contributed by atoms with Crippen molar-refractivity contribution in [3.8, 4) is 11.5 Å². The second-order valence-corrected chi connectivity index (χ2v) is 6.29. The minimum atomic E-state index is -0.438. The number of aromatic nitrogens is 4. The normalized spacial score (nSPS) is 10.8. The number of halogens is 1. The van der Waals surface area contributed by atoms with E-state index in [2.05, 4.69) is 15.4 Å². The number of carbonyl (C=O) groups excluding carboxylic acids is 1. The van der Waals surface area contributed by atoms with Crippen LogP contribution < -0.4 is 15.6 Å². The number of rotatable bonds is 5. The molecule has 4 aromatic rings. The molecule has 0 aliphatic carbocycles. The van der Waals surface area contributed by atoms with Crippen molar-refractivity contribution in [3.63, 3.8) is 0 Å². The first-order valence-electron chi connectivity index (χ1n) is 8.71. The number of amides is 1. The molecule has 0 bridgehead atoms. The Kier molecular flexibility index (Phi) is 4.78. The molecule has 0 fully saturated rings. The second-order valence-electron chi connectivity index (χ2n) is 6.29. The molecule has 9 heteroatoms. The lowest BCUT2D eigenvalue weighted by Crippen LogP contribution is -2.27. The van der Waals surface area contributed by atoms with Gasteiger partial charge in [-0.2, -0.15) is 5.10 Å². The van der Waals surface area contributed by atoms with Crippen molar-refractivity contribution in [2.45, 2.75) is 6.54 Å². The number of carbonyl (C=O) groups is 1. The van der Waals surface area contributed by atoms with E-state index in [-0.39, 0.29) is 12.1 Å². The van der Waals surface area contributed by atoms with Gasteiger partial charge in [0.15, 0.2) is 11.4 Å². The van der Waals surface area contributed by atoms with Crippen LogP contribution in [-0.4, -0.2) is 25.2 Å². The zero-order valence-corrected chi connectivity index (χ0v) is 15.4. The lowest BCUT2D eigenvalue weighted by molar-refractivity contribution is -0.116. The number of nitrogens with zero attached hydrogens (tertiary/aromatic N) is 4. The van der Waals surface area contributed by atoms with Crippen molar-refractivity contribution in [2.75, 3.05) is 5.32 Å². The Morgan fingerprint density at radius 1 is 1.21 bits per heavy atom. The summed E-state index contributed by atoms with van der Waals surface area (Å²) in [5, 5.41) is 7.04. The minimum Gasteiger partial charge on any atom is -0.455 e. The van der Waals surface area contributed by atoms with Gasteiger partial charge in [0.05, 0.1) is 11.9 Å². The van der Waals surface area contributed by atoms with Crippen LogP contribution in [0.1, 0.15) is 0 Å². The van der Waals surface area contributed by atoms with Crippen LogP contribution in [-0.2, 0) is 18.4 Å². The summed E-state index contributed by atoms with van der Waals surface area (Å²) in [5.74, 6) is -0.220. The number of benzene rings is 2. The SMILES string of the molecule is Cn1ncc2c(=O)n(CC(=O)Nc3ccccc3Oc3cccc(F)c3)cnc21. The van der Waals surface area contributed by atoms with Gasteiger partial charge in [-0.25, -0.2) is 9.37 Å². The van der Waals surface area contributed by atoms with Crippen LogP contribution in [0.3, 0.4) is 0 Å². The molecule has 8 nitrogen and oxygen atoms in total. The van der Waals surface area contributed by atoms with Crippen LogP contribution in [0.2, 0.25) is 0 Å². The Hall–Kier alpha value is -4.01. The first-order valence-corrected chi connectivity index (χ1v) is 8.71. The van der Waals surface area contributed by atoms with Gasteiger partial charge >= 0.3 is 0 Å². The maximum atomic E-state index is 13.4. The first kappa shape index (κ1) is 18.4. The monoisotopic (exact) mass is 393 g/mol. The fourth-order valence-electron chi connectivity index (χ4n) is 2.84. The Bertz CT molecular complexity index is 1260. The van der Waals surface area contributed by atoms with Crippen LogP contribution in [0, 0.1) is 5.82 Å². The third-order valence-corrected chi connectivity index (χ3v) is 4.22. The Morgan fingerprint density at radius 2 is 2.03 bits per heavy atom. The van der Waals surface area contributed by atoms with Gasteiger partial charge in [-0.3, -0.25) is 18.8 Å². The Balaban J connectivity index is 1.53. The molecule has 1 amide bonds. The van der Waals surface area contributed by atoms with Crippen molar-refractivity contribution in [1.82, 2.24) is 19.3 Å². The van der Waals surface area contributed by atoms with E-state index >= 15 is 0 Å². The second kappa shape index (κ2) is 7.55. The number of hydrogen-bond acceptors (Lipinski definition) is 5. The molecule has 0 aliphatic rings. The van der Waals surface area contributed by atoms with Crippen LogP contribution >= 0.6 is 0 Å². The van der Waals surface area contributed by atoms with E-state index in [4.69, 9.17) is 4.74 Å². The summed E-state index contributed by atoms with van der Waals surface area (Å²) in [4.78, 5) is 29.2. The van der Waals surface area contributed by atoms with Crippen LogP contribution in [0.25, 0.3) is 11.0 Å². The van der Waals surface area contributed by atoms with Crippen molar-refractivity contribution < 1.29 is 13.9 Å².